The number of aryl methyl sites for hydroxylation is 1. The van der Waals surface area contributed by atoms with Crippen molar-refractivity contribution in [2.45, 2.75) is 32.7 Å². The topological polar surface area (TPSA) is 112 Å². The summed E-state index contributed by atoms with van der Waals surface area (Å²) in [7, 11) is 0. The Morgan fingerprint density at radius 2 is 2.06 bits per heavy atom. The molecule has 4 heterocycles. The van der Waals surface area contributed by atoms with Crippen LogP contribution < -0.4 is 4.74 Å². The molecule has 5 rings (SSSR count). The van der Waals surface area contributed by atoms with Gasteiger partial charge in [0.15, 0.2) is 0 Å². The quantitative estimate of drug-likeness (QED) is 0.444. The normalized spacial score (nSPS) is 15.7. The summed E-state index contributed by atoms with van der Waals surface area (Å²) in [6.07, 6.45) is 6.40. The van der Waals surface area contributed by atoms with Crippen LogP contribution >= 0.6 is 0 Å². The molecule has 3 aromatic heterocycles. The van der Waals surface area contributed by atoms with Crippen molar-refractivity contribution in [3.05, 3.63) is 65.9 Å². The molecule has 0 spiro atoms. The average molecular weight is 445 g/mol. The van der Waals surface area contributed by atoms with Gasteiger partial charge in [-0.3, -0.25) is 4.79 Å². The number of pyridine rings is 1. The second kappa shape index (κ2) is 8.81. The lowest BCUT2D eigenvalue weighted by Crippen LogP contribution is -2.31. The first-order chi connectivity index (χ1) is 16.2. The SMILES string of the molecule is CCOc1ncccc1-c1noc(C2CCCN2C(=O)c2ccc(C)cc2-n2nccn2)n1. The molecule has 0 bridgehead atoms. The highest BCUT2D eigenvalue weighted by atomic mass is 16.5. The number of nitrogens with zero attached hydrogens (tertiary/aromatic N) is 7. The number of aromatic nitrogens is 6. The van der Waals surface area contributed by atoms with Crippen LogP contribution in [0.4, 0.5) is 0 Å². The highest BCUT2D eigenvalue weighted by Crippen LogP contribution is 2.35. The molecule has 4 aromatic rings. The van der Waals surface area contributed by atoms with Crippen LogP contribution in [0.25, 0.3) is 17.1 Å². The number of carbonyl (C=O) groups excluding carboxylic acids is 1. The lowest BCUT2D eigenvalue weighted by atomic mass is 10.1. The summed E-state index contributed by atoms with van der Waals surface area (Å²) in [5.41, 5.74) is 2.82. The van der Waals surface area contributed by atoms with Gasteiger partial charge in [0.25, 0.3) is 5.91 Å². The third-order valence-electron chi connectivity index (χ3n) is 5.55. The predicted molar refractivity (Wildman–Crippen MR) is 118 cm³/mol. The Balaban J connectivity index is 1.45. The molecule has 33 heavy (non-hydrogen) atoms. The first kappa shape index (κ1) is 20.8. The first-order valence-corrected chi connectivity index (χ1v) is 10.9. The van der Waals surface area contributed by atoms with Crippen molar-refractivity contribution in [1.82, 2.24) is 35.0 Å². The number of amides is 1. The molecule has 0 N–H and O–H groups in total. The molecule has 0 saturated carbocycles. The molecular weight excluding hydrogens is 422 g/mol. The molecule has 1 saturated heterocycles. The Labute approximate surface area is 190 Å². The van der Waals surface area contributed by atoms with Crippen molar-refractivity contribution in [2.75, 3.05) is 13.2 Å². The first-order valence-electron chi connectivity index (χ1n) is 10.9. The van der Waals surface area contributed by atoms with E-state index in [2.05, 4.69) is 25.3 Å². The monoisotopic (exact) mass is 445 g/mol. The van der Waals surface area contributed by atoms with Crippen LogP contribution in [0, 0.1) is 6.92 Å². The van der Waals surface area contributed by atoms with Crippen LogP contribution in [-0.4, -0.2) is 54.1 Å². The van der Waals surface area contributed by atoms with Gasteiger partial charge in [-0.15, -0.1) is 0 Å². The zero-order valence-electron chi connectivity index (χ0n) is 18.4. The molecule has 0 aliphatic carbocycles. The van der Waals surface area contributed by atoms with E-state index in [1.165, 1.54) is 4.80 Å². The van der Waals surface area contributed by atoms with E-state index in [-0.39, 0.29) is 11.9 Å². The van der Waals surface area contributed by atoms with Gasteiger partial charge in [-0.05, 0) is 56.5 Å². The van der Waals surface area contributed by atoms with E-state index in [1.54, 1.807) is 29.6 Å². The lowest BCUT2D eigenvalue weighted by Gasteiger charge is -2.23. The van der Waals surface area contributed by atoms with Gasteiger partial charge in [0.2, 0.25) is 17.6 Å². The summed E-state index contributed by atoms with van der Waals surface area (Å²) in [4.78, 5) is 25.7. The minimum atomic E-state index is -0.314. The van der Waals surface area contributed by atoms with E-state index in [0.717, 1.165) is 18.4 Å². The van der Waals surface area contributed by atoms with Crippen molar-refractivity contribution in [3.63, 3.8) is 0 Å². The highest BCUT2D eigenvalue weighted by molar-refractivity contribution is 5.98. The molecule has 1 fully saturated rings. The largest absolute Gasteiger partial charge is 0.477 e. The standard InChI is InChI=1S/C23H23N7O3/c1-3-32-21-17(6-4-10-24-21)20-27-22(33-28-20)18-7-5-13-29(18)23(31)16-9-8-15(2)14-19(16)30-25-11-12-26-30/h4,6,8-12,14,18H,3,5,7,13H2,1-2H3. The Morgan fingerprint density at radius 1 is 1.21 bits per heavy atom. The summed E-state index contributed by atoms with van der Waals surface area (Å²) in [6, 6.07) is 8.94. The summed E-state index contributed by atoms with van der Waals surface area (Å²) < 4.78 is 11.2. The Bertz CT molecular complexity index is 1270. The Morgan fingerprint density at radius 3 is 2.88 bits per heavy atom. The van der Waals surface area contributed by atoms with Crippen LogP contribution in [0.1, 0.15) is 47.6 Å². The van der Waals surface area contributed by atoms with Crippen molar-refractivity contribution in [1.29, 1.82) is 0 Å². The van der Waals surface area contributed by atoms with Crippen molar-refractivity contribution in [3.8, 4) is 23.0 Å². The fraction of sp³-hybridized carbons (Fsp3) is 0.304. The van der Waals surface area contributed by atoms with Gasteiger partial charge in [0.1, 0.15) is 6.04 Å². The number of hydrogen-bond donors (Lipinski definition) is 0. The van der Waals surface area contributed by atoms with Crippen LogP contribution in [0.3, 0.4) is 0 Å². The van der Waals surface area contributed by atoms with E-state index in [1.807, 2.05) is 38.1 Å². The van der Waals surface area contributed by atoms with Gasteiger partial charge in [-0.25, -0.2) is 4.98 Å². The molecule has 1 aromatic carbocycles. The molecule has 168 valence electrons. The number of likely N-dealkylation sites (tertiary alicyclic amines) is 1. The number of rotatable bonds is 6. The van der Waals surface area contributed by atoms with Gasteiger partial charge >= 0.3 is 0 Å². The lowest BCUT2D eigenvalue weighted by molar-refractivity contribution is 0.0709. The average Bonchev–Trinajstić information content (AvgIpc) is 3.61. The second-order valence-corrected chi connectivity index (χ2v) is 7.74. The Hall–Kier alpha value is -4.08. The van der Waals surface area contributed by atoms with Gasteiger partial charge < -0.3 is 14.2 Å². The molecular formula is C23H23N7O3. The third-order valence-corrected chi connectivity index (χ3v) is 5.55. The minimum Gasteiger partial charge on any atom is -0.477 e. The molecule has 1 aliphatic heterocycles. The van der Waals surface area contributed by atoms with Crippen LogP contribution in [0.2, 0.25) is 0 Å². The molecule has 1 aliphatic rings. The van der Waals surface area contributed by atoms with Crippen LogP contribution in [0.5, 0.6) is 5.88 Å². The second-order valence-electron chi connectivity index (χ2n) is 7.74. The number of carbonyl (C=O) groups is 1. The molecule has 1 amide bonds. The Kier molecular flexibility index (Phi) is 5.55. The summed E-state index contributed by atoms with van der Waals surface area (Å²) in [5.74, 6) is 1.11. The van der Waals surface area contributed by atoms with Crippen molar-refractivity contribution < 1.29 is 14.1 Å². The number of ether oxygens (including phenoxy) is 1. The van der Waals surface area contributed by atoms with Gasteiger partial charge in [0.05, 0.1) is 35.8 Å². The fourth-order valence-electron chi connectivity index (χ4n) is 4.04. The summed E-state index contributed by atoms with van der Waals surface area (Å²) in [6.45, 7) is 4.93. The fourth-order valence-corrected chi connectivity index (χ4v) is 4.04. The summed E-state index contributed by atoms with van der Waals surface area (Å²) >= 11 is 0. The zero-order valence-corrected chi connectivity index (χ0v) is 18.4. The maximum absolute atomic E-state index is 13.6. The maximum Gasteiger partial charge on any atom is 0.256 e. The van der Waals surface area contributed by atoms with Crippen molar-refractivity contribution >= 4 is 5.91 Å². The smallest absolute Gasteiger partial charge is 0.256 e. The zero-order chi connectivity index (χ0) is 22.8. The van der Waals surface area contributed by atoms with E-state index in [4.69, 9.17) is 9.26 Å². The minimum absolute atomic E-state index is 0.124. The van der Waals surface area contributed by atoms with E-state index in [0.29, 0.717) is 47.6 Å². The molecule has 10 nitrogen and oxygen atoms in total. The molecule has 10 heteroatoms. The summed E-state index contributed by atoms with van der Waals surface area (Å²) in [5, 5.41) is 12.6. The molecule has 1 atom stereocenters. The van der Waals surface area contributed by atoms with Gasteiger partial charge in [-0.2, -0.15) is 20.0 Å². The molecule has 0 radical (unpaired) electrons. The van der Waals surface area contributed by atoms with E-state index < -0.39 is 0 Å². The highest BCUT2D eigenvalue weighted by Gasteiger charge is 2.36. The van der Waals surface area contributed by atoms with Gasteiger partial charge in [-0.1, -0.05) is 11.2 Å². The number of hydrogen-bond acceptors (Lipinski definition) is 8. The maximum atomic E-state index is 13.6. The van der Waals surface area contributed by atoms with Crippen LogP contribution in [0.15, 0.2) is 53.4 Å². The van der Waals surface area contributed by atoms with Crippen molar-refractivity contribution in [2.24, 2.45) is 0 Å². The molecule has 1 unspecified atom stereocenters. The number of benzene rings is 1. The van der Waals surface area contributed by atoms with Gasteiger partial charge in [0, 0.05) is 12.7 Å². The van der Waals surface area contributed by atoms with Crippen LogP contribution in [-0.2, 0) is 0 Å². The van der Waals surface area contributed by atoms with E-state index in [9.17, 15) is 4.79 Å². The third kappa shape index (κ3) is 3.95. The predicted octanol–water partition coefficient (Wildman–Crippen LogP) is 3.40. The van der Waals surface area contributed by atoms with E-state index >= 15 is 0 Å².